The summed E-state index contributed by atoms with van der Waals surface area (Å²) in [5, 5.41) is 11.7. The van der Waals surface area contributed by atoms with Crippen molar-refractivity contribution < 1.29 is 5.11 Å². The number of thiazole rings is 1. The van der Waals surface area contributed by atoms with Gasteiger partial charge in [-0.2, -0.15) is 0 Å². The first-order valence-corrected chi connectivity index (χ1v) is 8.03. The van der Waals surface area contributed by atoms with Gasteiger partial charge in [-0.25, -0.2) is 4.98 Å². The maximum absolute atomic E-state index is 8.99. The van der Waals surface area contributed by atoms with Crippen molar-refractivity contribution in [3.8, 4) is 0 Å². The van der Waals surface area contributed by atoms with E-state index < -0.39 is 0 Å². The molecule has 0 fully saturated rings. The van der Waals surface area contributed by atoms with Crippen LogP contribution in [0.1, 0.15) is 16.3 Å². The zero-order valence-corrected chi connectivity index (χ0v) is 14.2. The third-order valence-electron chi connectivity index (χ3n) is 2.20. The number of halogens is 3. The van der Waals surface area contributed by atoms with Gasteiger partial charge in [-0.3, -0.25) is 0 Å². The summed E-state index contributed by atoms with van der Waals surface area (Å²) >= 11 is 12.0. The second-order valence-corrected chi connectivity index (χ2v) is 6.98. The van der Waals surface area contributed by atoms with Crippen LogP contribution in [0.25, 0.3) is 0 Å². The maximum Gasteiger partial charge on any atom is 0.118 e. The van der Waals surface area contributed by atoms with Gasteiger partial charge in [0, 0.05) is 25.2 Å². The summed E-state index contributed by atoms with van der Waals surface area (Å²) in [5.41, 5.74) is 2.13. The number of nitrogens with zero attached hydrogens (tertiary/aromatic N) is 1. The standard InChI is InChI=1S/C11H8Br3NOS/c12-6-1-9(13)8(10(14)2-6)3-7-5-17-11(4-16)15-7/h1-2,5,16H,3-4H2. The lowest BCUT2D eigenvalue weighted by Crippen LogP contribution is -1.93. The molecule has 0 aliphatic carbocycles. The van der Waals surface area contributed by atoms with E-state index in [2.05, 4.69) is 52.8 Å². The molecule has 1 heterocycles. The third-order valence-corrected chi connectivity index (χ3v) is 4.95. The average molecular weight is 442 g/mol. The SMILES string of the molecule is OCc1nc(Cc2c(Br)cc(Br)cc2Br)cs1. The lowest BCUT2D eigenvalue weighted by molar-refractivity contribution is 0.281. The molecule has 2 nitrogen and oxygen atoms in total. The lowest BCUT2D eigenvalue weighted by atomic mass is 10.1. The lowest BCUT2D eigenvalue weighted by Gasteiger charge is -2.06. The van der Waals surface area contributed by atoms with Crippen molar-refractivity contribution in [2.45, 2.75) is 13.0 Å². The van der Waals surface area contributed by atoms with Gasteiger partial charge in [-0.1, -0.05) is 47.8 Å². The van der Waals surface area contributed by atoms with Crippen molar-refractivity contribution in [2.24, 2.45) is 0 Å². The van der Waals surface area contributed by atoms with Crippen molar-refractivity contribution in [1.29, 1.82) is 0 Å². The van der Waals surface area contributed by atoms with Crippen LogP contribution in [0.4, 0.5) is 0 Å². The molecule has 2 rings (SSSR count). The molecule has 0 aliphatic heterocycles. The first-order valence-electron chi connectivity index (χ1n) is 4.77. The fraction of sp³-hybridized carbons (Fsp3) is 0.182. The predicted octanol–water partition coefficient (Wildman–Crippen LogP) is 4.51. The summed E-state index contributed by atoms with van der Waals surface area (Å²) in [7, 11) is 0. The summed E-state index contributed by atoms with van der Waals surface area (Å²) in [6.07, 6.45) is 0.741. The Bertz CT molecular complexity index is 518. The Morgan fingerprint density at radius 3 is 2.35 bits per heavy atom. The van der Waals surface area contributed by atoms with Crippen LogP contribution < -0.4 is 0 Å². The van der Waals surface area contributed by atoms with Crippen LogP contribution in [0, 0.1) is 0 Å². The monoisotopic (exact) mass is 439 g/mol. The summed E-state index contributed by atoms with van der Waals surface area (Å²) < 4.78 is 3.10. The molecule has 1 N–H and O–H groups in total. The van der Waals surface area contributed by atoms with Gasteiger partial charge in [-0.05, 0) is 17.7 Å². The number of aliphatic hydroxyl groups is 1. The Labute approximate surface area is 128 Å². The van der Waals surface area contributed by atoms with Gasteiger partial charge in [0.2, 0.25) is 0 Å². The minimum Gasteiger partial charge on any atom is -0.389 e. The zero-order valence-electron chi connectivity index (χ0n) is 8.58. The van der Waals surface area contributed by atoms with Gasteiger partial charge < -0.3 is 5.11 Å². The average Bonchev–Trinajstić information content (AvgIpc) is 2.71. The van der Waals surface area contributed by atoms with Crippen LogP contribution in [0.5, 0.6) is 0 Å². The molecule has 1 aromatic carbocycles. The number of hydrogen-bond donors (Lipinski definition) is 1. The highest BCUT2D eigenvalue weighted by Gasteiger charge is 2.10. The molecule has 0 saturated carbocycles. The minimum atomic E-state index is 0.00729. The van der Waals surface area contributed by atoms with Crippen LogP contribution in [-0.2, 0) is 13.0 Å². The van der Waals surface area contributed by atoms with Crippen LogP contribution in [-0.4, -0.2) is 10.1 Å². The Morgan fingerprint density at radius 2 is 1.82 bits per heavy atom. The van der Waals surface area contributed by atoms with Crippen molar-refractivity contribution in [2.75, 3.05) is 0 Å². The molecular weight excluding hydrogens is 434 g/mol. The molecule has 6 heteroatoms. The predicted molar refractivity (Wildman–Crippen MR) is 80.4 cm³/mol. The third kappa shape index (κ3) is 3.38. The van der Waals surface area contributed by atoms with Gasteiger partial charge in [0.05, 0.1) is 12.3 Å². The summed E-state index contributed by atoms with van der Waals surface area (Å²) in [5.74, 6) is 0. The number of aromatic nitrogens is 1. The molecule has 0 radical (unpaired) electrons. The van der Waals surface area contributed by atoms with E-state index in [1.807, 2.05) is 17.5 Å². The van der Waals surface area contributed by atoms with E-state index in [4.69, 9.17) is 5.11 Å². The topological polar surface area (TPSA) is 33.1 Å². The highest BCUT2D eigenvalue weighted by Crippen LogP contribution is 2.31. The van der Waals surface area contributed by atoms with Gasteiger partial charge in [0.25, 0.3) is 0 Å². The van der Waals surface area contributed by atoms with E-state index in [0.717, 1.165) is 36.1 Å². The number of benzene rings is 1. The van der Waals surface area contributed by atoms with E-state index in [-0.39, 0.29) is 6.61 Å². The number of aliphatic hydroxyl groups excluding tert-OH is 1. The number of rotatable bonds is 3. The fourth-order valence-electron chi connectivity index (χ4n) is 1.42. The largest absolute Gasteiger partial charge is 0.389 e. The number of hydrogen-bond acceptors (Lipinski definition) is 3. The van der Waals surface area contributed by atoms with E-state index in [1.165, 1.54) is 11.3 Å². The summed E-state index contributed by atoms with van der Waals surface area (Å²) in [6.45, 7) is 0.00729. The van der Waals surface area contributed by atoms with Crippen molar-refractivity contribution in [3.63, 3.8) is 0 Å². The van der Waals surface area contributed by atoms with Crippen LogP contribution >= 0.6 is 59.1 Å². The van der Waals surface area contributed by atoms with E-state index in [0.29, 0.717) is 0 Å². The molecule has 17 heavy (non-hydrogen) atoms. The van der Waals surface area contributed by atoms with Gasteiger partial charge in [0.1, 0.15) is 5.01 Å². The molecule has 90 valence electrons. The molecule has 0 amide bonds. The van der Waals surface area contributed by atoms with E-state index in [9.17, 15) is 0 Å². The van der Waals surface area contributed by atoms with Crippen molar-refractivity contribution in [1.82, 2.24) is 4.98 Å². The first-order chi connectivity index (χ1) is 8.10. The molecule has 0 bridgehead atoms. The smallest absolute Gasteiger partial charge is 0.118 e. The highest BCUT2D eigenvalue weighted by molar-refractivity contribution is 9.11. The normalized spacial score (nSPS) is 10.8. The maximum atomic E-state index is 8.99. The quantitative estimate of drug-likeness (QED) is 0.760. The van der Waals surface area contributed by atoms with Gasteiger partial charge in [-0.15, -0.1) is 11.3 Å². The van der Waals surface area contributed by atoms with E-state index in [1.54, 1.807) is 0 Å². The van der Waals surface area contributed by atoms with Crippen molar-refractivity contribution >= 4 is 59.1 Å². The summed E-state index contributed by atoms with van der Waals surface area (Å²) in [6, 6.07) is 4.03. The molecular formula is C11H8Br3NOS. The Kier molecular flexibility index (Phi) is 4.77. The van der Waals surface area contributed by atoms with Crippen LogP contribution in [0.15, 0.2) is 30.9 Å². The summed E-state index contributed by atoms with van der Waals surface area (Å²) in [4.78, 5) is 4.34. The van der Waals surface area contributed by atoms with Gasteiger partial charge in [0.15, 0.2) is 0 Å². The molecule has 0 spiro atoms. The molecule has 0 aliphatic rings. The van der Waals surface area contributed by atoms with Crippen molar-refractivity contribution in [3.05, 3.63) is 47.2 Å². The Balaban J connectivity index is 2.29. The van der Waals surface area contributed by atoms with Crippen LogP contribution in [0.3, 0.4) is 0 Å². The fourth-order valence-corrected chi connectivity index (χ4v) is 4.62. The first kappa shape index (κ1) is 13.7. The second kappa shape index (κ2) is 5.93. The molecule has 0 atom stereocenters. The van der Waals surface area contributed by atoms with Gasteiger partial charge >= 0.3 is 0 Å². The molecule has 0 unspecified atom stereocenters. The zero-order chi connectivity index (χ0) is 12.4. The Hall–Kier alpha value is 0.250. The molecule has 2 aromatic rings. The Morgan fingerprint density at radius 1 is 1.18 bits per heavy atom. The van der Waals surface area contributed by atoms with E-state index >= 15 is 0 Å². The molecule has 0 saturated heterocycles. The second-order valence-electron chi connectivity index (χ2n) is 3.42. The van der Waals surface area contributed by atoms with Crippen LogP contribution in [0.2, 0.25) is 0 Å². The highest BCUT2D eigenvalue weighted by atomic mass is 79.9. The minimum absolute atomic E-state index is 0.00729. The molecule has 1 aromatic heterocycles.